The lowest BCUT2D eigenvalue weighted by molar-refractivity contribution is -0.136. The molecule has 0 aromatic rings. The van der Waals surface area contributed by atoms with Crippen LogP contribution in [0.1, 0.15) is 6.92 Å². The van der Waals surface area contributed by atoms with Crippen LogP contribution in [0.25, 0.3) is 0 Å². The molecule has 0 aliphatic rings. The van der Waals surface area contributed by atoms with Gasteiger partial charge in [-0.2, -0.15) is 13.2 Å². The summed E-state index contributed by atoms with van der Waals surface area (Å²) in [6.07, 6.45) is -4.25. The van der Waals surface area contributed by atoms with Crippen molar-refractivity contribution in [3.63, 3.8) is 0 Å². The number of halogens is 3. The summed E-state index contributed by atoms with van der Waals surface area (Å²) in [5.74, 6) is 5.02. The van der Waals surface area contributed by atoms with E-state index in [1.54, 1.807) is 6.92 Å². The van der Waals surface area contributed by atoms with E-state index in [1.165, 1.54) is 7.05 Å². The van der Waals surface area contributed by atoms with Crippen LogP contribution in [0.15, 0.2) is 4.99 Å². The van der Waals surface area contributed by atoms with Crippen LogP contribution in [0, 0.1) is 0 Å². The molecule has 78 valence electrons. The Morgan fingerprint density at radius 3 is 2.38 bits per heavy atom. The molecular formula is C6H13F3N4. The van der Waals surface area contributed by atoms with E-state index in [4.69, 9.17) is 5.84 Å². The monoisotopic (exact) mass is 198 g/mol. The summed E-state index contributed by atoms with van der Waals surface area (Å²) < 4.78 is 35.6. The van der Waals surface area contributed by atoms with E-state index in [1.807, 2.05) is 0 Å². The second-order valence-corrected chi connectivity index (χ2v) is 2.41. The fourth-order valence-electron chi connectivity index (χ4n) is 0.770. The van der Waals surface area contributed by atoms with Crippen molar-refractivity contribution in [1.82, 2.24) is 10.3 Å². The molecule has 0 unspecified atom stereocenters. The van der Waals surface area contributed by atoms with Crippen LogP contribution in [0.4, 0.5) is 13.2 Å². The fourth-order valence-corrected chi connectivity index (χ4v) is 0.770. The predicted octanol–water partition coefficient (Wildman–Crippen LogP) is 0.320. The molecule has 4 nitrogen and oxygen atoms in total. The van der Waals surface area contributed by atoms with Crippen molar-refractivity contribution < 1.29 is 13.2 Å². The molecule has 0 aromatic heterocycles. The number of nitrogens with one attached hydrogen (secondary N) is 1. The summed E-state index contributed by atoms with van der Waals surface area (Å²) >= 11 is 0. The number of hydrogen-bond acceptors (Lipinski definition) is 2. The molecule has 0 saturated heterocycles. The minimum Gasteiger partial charge on any atom is -0.336 e. The Hall–Kier alpha value is -0.980. The number of rotatable bonds is 2. The third-order valence-electron chi connectivity index (χ3n) is 1.22. The first-order chi connectivity index (χ1) is 5.90. The van der Waals surface area contributed by atoms with E-state index in [2.05, 4.69) is 10.4 Å². The molecular weight excluding hydrogens is 185 g/mol. The van der Waals surface area contributed by atoms with Crippen LogP contribution in [-0.4, -0.2) is 37.2 Å². The molecule has 3 N–H and O–H groups in total. The average molecular weight is 198 g/mol. The highest BCUT2D eigenvalue weighted by molar-refractivity contribution is 5.79. The quantitative estimate of drug-likeness (QED) is 0.291. The third kappa shape index (κ3) is 5.29. The topological polar surface area (TPSA) is 53.6 Å². The van der Waals surface area contributed by atoms with Crippen LogP contribution in [0.3, 0.4) is 0 Å². The lowest BCUT2D eigenvalue weighted by Gasteiger charge is -2.21. The van der Waals surface area contributed by atoms with Gasteiger partial charge >= 0.3 is 6.18 Å². The molecule has 13 heavy (non-hydrogen) atoms. The number of guanidine groups is 1. The minimum absolute atomic E-state index is 0.0276. The van der Waals surface area contributed by atoms with Gasteiger partial charge in [0.2, 0.25) is 5.96 Å². The first-order valence-electron chi connectivity index (χ1n) is 3.69. The highest BCUT2D eigenvalue weighted by atomic mass is 19.4. The van der Waals surface area contributed by atoms with Gasteiger partial charge in [0.1, 0.15) is 6.54 Å². The van der Waals surface area contributed by atoms with Crippen LogP contribution >= 0.6 is 0 Å². The van der Waals surface area contributed by atoms with Crippen molar-refractivity contribution in [3.8, 4) is 0 Å². The number of hydrogen-bond donors (Lipinski definition) is 2. The highest BCUT2D eigenvalue weighted by Gasteiger charge is 2.30. The standard InChI is InChI=1S/C6H13F3N4/c1-3-11-5(12-10)13(2)4-6(7,8)9/h3-4,10H2,1-2H3,(H,11,12). The zero-order valence-corrected chi connectivity index (χ0v) is 7.52. The second-order valence-electron chi connectivity index (χ2n) is 2.41. The van der Waals surface area contributed by atoms with E-state index >= 15 is 0 Å². The van der Waals surface area contributed by atoms with Gasteiger partial charge in [0, 0.05) is 13.6 Å². The summed E-state index contributed by atoms with van der Waals surface area (Å²) in [6.45, 7) is 1.01. The molecule has 0 amide bonds. The van der Waals surface area contributed by atoms with Gasteiger partial charge in [-0.3, -0.25) is 10.4 Å². The molecule has 7 heteroatoms. The normalized spacial score (nSPS) is 12.9. The maximum absolute atomic E-state index is 11.9. The molecule has 0 saturated carbocycles. The van der Waals surface area contributed by atoms with Gasteiger partial charge < -0.3 is 4.90 Å². The molecule has 0 aliphatic carbocycles. The summed E-state index contributed by atoms with van der Waals surface area (Å²) in [5, 5.41) is 0. The van der Waals surface area contributed by atoms with Gasteiger partial charge in [-0.15, -0.1) is 0 Å². The van der Waals surface area contributed by atoms with Gasteiger partial charge in [-0.25, -0.2) is 5.84 Å². The van der Waals surface area contributed by atoms with Crippen LogP contribution < -0.4 is 11.3 Å². The van der Waals surface area contributed by atoms with E-state index in [-0.39, 0.29) is 5.96 Å². The summed E-state index contributed by atoms with van der Waals surface area (Å²) in [7, 11) is 1.27. The van der Waals surface area contributed by atoms with Crippen molar-refractivity contribution in [2.45, 2.75) is 13.1 Å². The lowest BCUT2D eigenvalue weighted by atomic mass is 10.5. The molecule has 0 radical (unpaired) electrons. The molecule has 0 rings (SSSR count). The summed E-state index contributed by atoms with van der Waals surface area (Å²) in [4.78, 5) is 4.64. The van der Waals surface area contributed by atoms with Crippen molar-refractivity contribution in [3.05, 3.63) is 0 Å². The second kappa shape index (κ2) is 4.90. The largest absolute Gasteiger partial charge is 0.406 e. The summed E-state index contributed by atoms with van der Waals surface area (Å²) in [6, 6.07) is 0. The number of alkyl halides is 3. The average Bonchev–Trinajstić information content (AvgIpc) is 1.96. The number of nitrogens with zero attached hydrogens (tertiary/aromatic N) is 2. The van der Waals surface area contributed by atoms with E-state index in [0.29, 0.717) is 6.54 Å². The maximum Gasteiger partial charge on any atom is 0.406 e. The van der Waals surface area contributed by atoms with Gasteiger partial charge in [0.25, 0.3) is 0 Å². The Kier molecular flexibility index (Phi) is 4.53. The molecule has 0 heterocycles. The van der Waals surface area contributed by atoms with E-state index in [9.17, 15) is 13.2 Å². The Morgan fingerprint density at radius 1 is 1.54 bits per heavy atom. The van der Waals surface area contributed by atoms with Crippen LogP contribution in [0.5, 0.6) is 0 Å². The molecule has 0 spiro atoms. The van der Waals surface area contributed by atoms with Crippen molar-refractivity contribution >= 4 is 5.96 Å². The Morgan fingerprint density at radius 2 is 2.08 bits per heavy atom. The third-order valence-corrected chi connectivity index (χ3v) is 1.22. The van der Waals surface area contributed by atoms with E-state index < -0.39 is 12.7 Å². The summed E-state index contributed by atoms with van der Waals surface area (Å²) in [5.41, 5.74) is 2.10. The van der Waals surface area contributed by atoms with Gasteiger partial charge in [-0.1, -0.05) is 0 Å². The van der Waals surface area contributed by atoms with Gasteiger partial charge in [-0.05, 0) is 6.92 Å². The molecule has 0 fully saturated rings. The zero-order chi connectivity index (χ0) is 10.5. The Balaban J connectivity index is 4.22. The fraction of sp³-hybridized carbons (Fsp3) is 0.833. The van der Waals surface area contributed by atoms with Crippen molar-refractivity contribution in [1.29, 1.82) is 0 Å². The first-order valence-corrected chi connectivity index (χ1v) is 3.69. The maximum atomic E-state index is 11.9. The lowest BCUT2D eigenvalue weighted by Crippen LogP contribution is -2.46. The number of aliphatic imine (C=N–C) groups is 1. The zero-order valence-electron chi connectivity index (χ0n) is 7.52. The molecule has 0 atom stereocenters. The van der Waals surface area contributed by atoms with Crippen LogP contribution in [0.2, 0.25) is 0 Å². The number of hydrazine groups is 1. The van der Waals surface area contributed by atoms with Gasteiger partial charge in [0.15, 0.2) is 0 Å². The predicted molar refractivity (Wildman–Crippen MR) is 44.0 cm³/mol. The molecule has 0 bridgehead atoms. The molecule has 0 aromatic carbocycles. The minimum atomic E-state index is -4.25. The first kappa shape index (κ1) is 12.0. The highest BCUT2D eigenvalue weighted by Crippen LogP contribution is 2.15. The van der Waals surface area contributed by atoms with Crippen molar-refractivity contribution in [2.75, 3.05) is 20.1 Å². The Labute approximate surface area is 74.6 Å². The van der Waals surface area contributed by atoms with E-state index in [0.717, 1.165) is 4.90 Å². The van der Waals surface area contributed by atoms with Gasteiger partial charge in [0.05, 0.1) is 0 Å². The smallest absolute Gasteiger partial charge is 0.336 e. The number of nitrogens with two attached hydrogens (primary N) is 1. The van der Waals surface area contributed by atoms with Crippen molar-refractivity contribution in [2.24, 2.45) is 10.8 Å². The van der Waals surface area contributed by atoms with Crippen LogP contribution in [-0.2, 0) is 0 Å². The Bertz CT molecular complexity index is 177. The SMILES string of the molecule is CCN=C(NN)N(C)CC(F)(F)F. The molecule has 0 aliphatic heterocycles.